The predicted octanol–water partition coefficient (Wildman–Crippen LogP) is -0.269. The first kappa shape index (κ1) is 2.37. The van der Waals surface area contributed by atoms with Crippen LogP contribution in [-0.4, -0.2) is 23.7 Å². The molecule has 3 nitrogen and oxygen atoms in total. The van der Waals surface area contributed by atoms with Gasteiger partial charge in [0.25, 0.3) is 0 Å². The molecule has 1 fully saturated rings. The summed E-state index contributed by atoms with van der Waals surface area (Å²) < 4.78 is 0. The molecule has 3 heteroatoms. The number of hydrogen-bond donors (Lipinski definition) is 0. The first-order valence-corrected chi connectivity index (χ1v) is 1.89. The molecule has 0 aliphatic carbocycles. The standard InChI is InChI=1S/C3H3N3/c1-3-4-2-5-6(1)3/h3H,1H2. The maximum absolute atomic E-state index is 3.82. The third-order valence-electron chi connectivity index (χ3n) is 0.941. The molecule has 0 aromatic rings. The second-order valence-electron chi connectivity index (χ2n) is 1.43. The molecule has 0 aromatic heterocycles. The van der Waals surface area contributed by atoms with Gasteiger partial charge in [0, 0.05) is 0 Å². The lowest BCUT2D eigenvalue weighted by Gasteiger charge is -1.73. The van der Waals surface area contributed by atoms with E-state index in [2.05, 4.69) is 16.1 Å². The van der Waals surface area contributed by atoms with Crippen LogP contribution in [0.25, 0.3) is 0 Å². The van der Waals surface area contributed by atoms with E-state index in [-0.39, 0.29) is 0 Å². The Bertz CT molecular complexity index is 121. The van der Waals surface area contributed by atoms with Crippen LogP contribution >= 0.6 is 0 Å². The molecule has 0 bridgehead atoms. The minimum atomic E-state index is 0.394. The molecule has 0 spiro atoms. The number of nitrogens with zero attached hydrogens (tertiary/aromatic N) is 3. The first-order valence-electron chi connectivity index (χ1n) is 1.89. The molecule has 2 aliphatic rings. The summed E-state index contributed by atoms with van der Waals surface area (Å²) in [7, 11) is 0. The summed E-state index contributed by atoms with van der Waals surface area (Å²) >= 11 is 0. The Hall–Kier alpha value is -0.820. The monoisotopic (exact) mass is 81.0 g/mol. The maximum Gasteiger partial charge on any atom is 0.167 e. The Kier molecular flexibility index (Phi) is 0.198. The van der Waals surface area contributed by atoms with E-state index in [0.29, 0.717) is 6.17 Å². The molecule has 30 valence electrons. The SMILES string of the molecule is C1=NC2CN2N=1. The second-order valence-corrected chi connectivity index (χ2v) is 1.43. The molecule has 2 aliphatic heterocycles. The van der Waals surface area contributed by atoms with Crippen LogP contribution in [0, 0.1) is 0 Å². The van der Waals surface area contributed by atoms with Crippen molar-refractivity contribution in [2.24, 2.45) is 10.1 Å². The highest BCUT2D eigenvalue weighted by Gasteiger charge is 2.34. The molecule has 1 atom stereocenters. The van der Waals surface area contributed by atoms with Crippen molar-refractivity contribution in [2.45, 2.75) is 6.17 Å². The number of rotatable bonds is 0. The van der Waals surface area contributed by atoms with Gasteiger partial charge in [0.05, 0.1) is 6.54 Å². The normalized spacial score (nSPS) is 34.7. The zero-order chi connectivity index (χ0) is 3.98. The maximum atomic E-state index is 3.82. The molecule has 0 aromatic carbocycles. The number of hydrazone groups is 1. The quantitative estimate of drug-likeness (QED) is 0.369. The largest absolute Gasteiger partial charge is 0.256 e. The summed E-state index contributed by atoms with van der Waals surface area (Å²) in [5.41, 5.74) is 0. The average molecular weight is 81.1 g/mol. The lowest BCUT2D eigenvalue weighted by molar-refractivity contribution is 0.576. The van der Waals surface area contributed by atoms with E-state index < -0.39 is 0 Å². The van der Waals surface area contributed by atoms with Gasteiger partial charge in [-0.15, -0.1) is 5.10 Å². The van der Waals surface area contributed by atoms with Crippen molar-refractivity contribution in [3.63, 3.8) is 0 Å². The minimum absolute atomic E-state index is 0.394. The van der Waals surface area contributed by atoms with Gasteiger partial charge >= 0.3 is 0 Å². The van der Waals surface area contributed by atoms with Gasteiger partial charge < -0.3 is 0 Å². The van der Waals surface area contributed by atoms with Crippen LogP contribution in [0.5, 0.6) is 0 Å². The Morgan fingerprint density at radius 2 is 2.83 bits per heavy atom. The van der Waals surface area contributed by atoms with Gasteiger partial charge in [-0.25, -0.2) is 0 Å². The summed E-state index contributed by atoms with van der Waals surface area (Å²) in [6.07, 6.45) is 0.394. The fourth-order valence-corrected chi connectivity index (χ4v) is 0.485. The highest BCUT2D eigenvalue weighted by Crippen LogP contribution is 2.20. The molecule has 6 heavy (non-hydrogen) atoms. The lowest BCUT2D eigenvalue weighted by atomic mass is 10.8. The summed E-state index contributed by atoms with van der Waals surface area (Å²) in [4.78, 5) is 3.82. The van der Waals surface area contributed by atoms with Gasteiger partial charge in [0.15, 0.2) is 6.17 Å². The summed E-state index contributed by atoms with van der Waals surface area (Å²) in [5, 5.41) is 5.60. The van der Waals surface area contributed by atoms with E-state index in [1.807, 2.05) is 5.01 Å². The van der Waals surface area contributed by atoms with E-state index in [0.717, 1.165) is 6.54 Å². The van der Waals surface area contributed by atoms with Crippen LogP contribution in [0.2, 0.25) is 0 Å². The second kappa shape index (κ2) is 0.502. The average Bonchev–Trinajstić information content (AvgIpc) is 2.17. The van der Waals surface area contributed by atoms with Crippen molar-refractivity contribution in [1.29, 1.82) is 0 Å². The minimum Gasteiger partial charge on any atom is -0.256 e. The van der Waals surface area contributed by atoms with Crippen LogP contribution in [0.3, 0.4) is 0 Å². The summed E-state index contributed by atoms with van der Waals surface area (Å²) in [5.74, 6) is 0. The smallest absolute Gasteiger partial charge is 0.167 e. The zero-order valence-corrected chi connectivity index (χ0v) is 3.13. The van der Waals surface area contributed by atoms with E-state index >= 15 is 0 Å². The highest BCUT2D eigenvalue weighted by atomic mass is 15.6. The molecule has 1 saturated heterocycles. The van der Waals surface area contributed by atoms with E-state index in [9.17, 15) is 0 Å². The van der Waals surface area contributed by atoms with Gasteiger partial charge in [-0.2, -0.15) is 4.99 Å². The van der Waals surface area contributed by atoms with E-state index in [1.165, 1.54) is 0 Å². The molecule has 2 heterocycles. The summed E-state index contributed by atoms with van der Waals surface area (Å²) in [6.45, 7) is 1.02. The molecular formula is C3H3N3. The van der Waals surface area contributed by atoms with Crippen molar-refractivity contribution in [2.75, 3.05) is 6.54 Å². The number of hydrogen-bond acceptors (Lipinski definition) is 3. The molecular weight excluding hydrogens is 78.1 g/mol. The topological polar surface area (TPSA) is 27.7 Å². The Labute approximate surface area is 35.0 Å². The Morgan fingerprint density at radius 1 is 1.83 bits per heavy atom. The number of aliphatic imine (C=N–C) groups is 1. The Balaban J connectivity index is 2.42. The van der Waals surface area contributed by atoms with Crippen molar-refractivity contribution in [1.82, 2.24) is 5.01 Å². The van der Waals surface area contributed by atoms with Gasteiger partial charge in [0.1, 0.15) is 6.01 Å². The molecule has 0 radical (unpaired) electrons. The fourth-order valence-electron chi connectivity index (χ4n) is 0.485. The lowest BCUT2D eigenvalue weighted by Crippen LogP contribution is -1.78. The van der Waals surface area contributed by atoms with E-state index in [1.54, 1.807) is 0 Å². The Morgan fingerprint density at radius 3 is 3.00 bits per heavy atom. The fraction of sp³-hybridized carbons (Fsp3) is 0.667. The van der Waals surface area contributed by atoms with Crippen molar-refractivity contribution in [3.05, 3.63) is 0 Å². The molecule has 0 N–H and O–H groups in total. The van der Waals surface area contributed by atoms with Crippen molar-refractivity contribution >= 4 is 6.01 Å². The van der Waals surface area contributed by atoms with Crippen molar-refractivity contribution in [3.8, 4) is 0 Å². The van der Waals surface area contributed by atoms with Gasteiger partial charge in [-0.1, -0.05) is 0 Å². The third-order valence-corrected chi connectivity index (χ3v) is 0.941. The zero-order valence-electron chi connectivity index (χ0n) is 3.13. The van der Waals surface area contributed by atoms with Gasteiger partial charge in [0.2, 0.25) is 0 Å². The van der Waals surface area contributed by atoms with Gasteiger partial charge in [-0.05, 0) is 0 Å². The van der Waals surface area contributed by atoms with Crippen LogP contribution in [0.4, 0.5) is 0 Å². The first-order chi connectivity index (χ1) is 2.97. The van der Waals surface area contributed by atoms with Crippen LogP contribution in [-0.2, 0) is 0 Å². The highest BCUT2D eigenvalue weighted by molar-refractivity contribution is 5.45. The molecule has 0 amide bonds. The number of fused-ring (bicyclic) bond motifs is 1. The molecule has 2 rings (SSSR count). The summed E-state index contributed by atoms with van der Waals surface area (Å²) in [6, 6.07) is 2.50. The van der Waals surface area contributed by atoms with Crippen LogP contribution in [0.1, 0.15) is 0 Å². The van der Waals surface area contributed by atoms with E-state index in [4.69, 9.17) is 0 Å². The van der Waals surface area contributed by atoms with Crippen LogP contribution < -0.4 is 0 Å². The third kappa shape index (κ3) is 0.121. The predicted molar refractivity (Wildman–Crippen MR) is 20.4 cm³/mol. The molecule has 0 saturated carbocycles. The molecule has 1 unspecified atom stereocenters. The van der Waals surface area contributed by atoms with Gasteiger partial charge in [-0.3, -0.25) is 5.01 Å². The van der Waals surface area contributed by atoms with Crippen molar-refractivity contribution < 1.29 is 0 Å². The van der Waals surface area contributed by atoms with Crippen LogP contribution in [0.15, 0.2) is 10.1 Å².